The second-order valence-electron chi connectivity index (χ2n) is 6.24. The summed E-state index contributed by atoms with van der Waals surface area (Å²) in [7, 11) is 0. The number of aliphatic imine (C=N–C) groups is 1. The molecule has 0 spiro atoms. The fourth-order valence-electron chi connectivity index (χ4n) is 2.60. The zero-order valence-electron chi connectivity index (χ0n) is 15.8. The fraction of sp³-hybridized carbons (Fsp3) is 0.250. The van der Waals surface area contributed by atoms with Crippen LogP contribution in [0.5, 0.6) is 0 Å². The number of rotatable bonds is 6. The predicted octanol–water partition coefficient (Wildman–Crippen LogP) is 3.54. The number of pyridine rings is 1. The van der Waals surface area contributed by atoms with Gasteiger partial charge in [-0.3, -0.25) is 4.57 Å². The average Bonchev–Trinajstić information content (AvgIpc) is 3.25. The lowest BCUT2D eigenvalue weighted by atomic mass is 10.1. The highest BCUT2D eigenvalue weighted by Gasteiger charge is 2.29. The molecule has 0 aliphatic carbocycles. The largest absolute Gasteiger partial charge is 0.416 e. The van der Waals surface area contributed by atoms with Gasteiger partial charge in [-0.15, -0.1) is 0 Å². The molecule has 3 rings (SSSR count). The van der Waals surface area contributed by atoms with Crippen molar-refractivity contribution in [1.82, 2.24) is 25.2 Å². The standard InChI is InChI=1S/C20H21F3N6/c1-2-25-19(27-12-15-3-5-17(6-4-15)20(21,22)23)28-13-16-7-8-26-18(11-16)29-10-9-24-14-29/h3-11,14H,2,12-13H2,1H3,(H2,25,27,28). The van der Waals surface area contributed by atoms with Crippen LogP contribution in [0.15, 0.2) is 66.3 Å². The number of alkyl halides is 3. The van der Waals surface area contributed by atoms with Gasteiger partial charge >= 0.3 is 6.18 Å². The molecule has 29 heavy (non-hydrogen) atoms. The molecule has 2 N–H and O–H groups in total. The van der Waals surface area contributed by atoms with E-state index in [-0.39, 0.29) is 0 Å². The van der Waals surface area contributed by atoms with Gasteiger partial charge in [0.1, 0.15) is 12.1 Å². The Hall–Kier alpha value is -3.36. The van der Waals surface area contributed by atoms with E-state index in [1.165, 1.54) is 12.1 Å². The normalized spacial score (nSPS) is 12.1. The molecule has 0 unspecified atom stereocenters. The van der Waals surface area contributed by atoms with Gasteiger partial charge in [0.25, 0.3) is 0 Å². The molecule has 0 saturated heterocycles. The Morgan fingerprint density at radius 2 is 1.86 bits per heavy atom. The first-order valence-corrected chi connectivity index (χ1v) is 9.07. The van der Waals surface area contributed by atoms with Crippen LogP contribution in [0.2, 0.25) is 0 Å². The highest BCUT2D eigenvalue weighted by Crippen LogP contribution is 2.29. The van der Waals surface area contributed by atoms with E-state index in [1.807, 2.05) is 25.3 Å². The third kappa shape index (κ3) is 5.81. The lowest BCUT2D eigenvalue weighted by Gasteiger charge is -2.12. The van der Waals surface area contributed by atoms with Crippen LogP contribution in [0.4, 0.5) is 13.2 Å². The van der Waals surface area contributed by atoms with Gasteiger partial charge in [0, 0.05) is 31.7 Å². The topological polar surface area (TPSA) is 67.1 Å². The number of nitrogens with one attached hydrogen (secondary N) is 2. The molecule has 0 amide bonds. The SMILES string of the molecule is CCNC(=NCc1ccnc(-n2ccnc2)c1)NCc1ccc(C(F)(F)F)cc1. The Labute approximate surface area is 166 Å². The van der Waals surface area contributed by atoms with Crippen LogP contribution in [0.3, 0.4) is 0 Å². The summed E-state index contributed by atoms with van der Waals surface area (Å²) in [6, 6.07) is 8.87. The molecule has 152 valence electrons. The van der Waals surface area contributed by atoms with Crippen molar-refractivity contribution in [3.8, 4) is 5.82 Å². The molecule has 0 saturated carbocycles. The van der Waals surface area contributed by atoms with Gasteiger partial charge in [0.2, 0.25) is 0 Å². The minimum atomic E-state index is -4.33. The third-order valence-electron chi connectivity index (χ3n) is 4.08. The van der Waals surface area contributed by atoms with E-state index in [9.17, 15) is 13.2 Å². The molecule has 9 heteroatoms. The van der Waals surface area contributed by atoms with E-state index in [0.29, 0.717) is 25.6 Å². The number of aromatic nitrogens is 3. The van der Waals surface area contributed by atoms with Crippen LogP contribution in [0, 0.1) is 0 Å². The zero-order valence-corrected chi connectivity index (χ0v) is 15.8. The summed E-state index contributed by atoms with van der Waals surface area (Å²) >= 11 is 0. The second-order valence-corrected chi connectivity index (χ2v) is 6.24. The maximum Gasteiger partial charge on any atom is 0.416 e. The molecule has 0 aliphatic rings. The number of benzene rings is 1. The fourth-order valence-corrected chi connectivity index (χ4v) is 2.60. The van der Waals surface area contributed by atoms with E-state index in [4.69, 9.17) is 0 Å². The van der Waals surface area contributed by atoms with Crippen molar-refractivity contribution in [3.05, 3.63) is 78.0 Å². The van der Waals surface area contributed by atoms with E-state index in [2.05, 4.69) is 25.6 Å². The molecule has 0 atom stereocenters. The number of guanidine groups is 1. The van der Waals surface area contributed by atoms with E-state index in [0.717, 1.165) is 29.1 Å². The van der Waals surface area contributed by atoms with Crippen molar-refractivity contribution in [2.24, 2.45) is 4.99 Å². The summed E-state index contributed by atoms with van der Waals surface area (Å²) in [6.45, 7) is 3.39. The van der Waals surface area contributed by atoms with Crippen molar-refractivity contribution < 1.29 is 13.2 Å². The highest BCUT2D eigenvalue weighted by molar-refractivity contribution is 5.79. The van der Waals surface area contributed by atoms with Crippen LogP contribution in [0.25, 0.3) is 5.82 Å². The molecular weight excluding hydrogens is 381 g/mol. The number of imidazole rings is 1. The smallest absolute Gasteiger partial charge is 0.357 e. The van der Waals surface area contributed by atoms with Gasteiger partial charge in [-0.2, -0.15) is 13.2 Å². The summed E-state index contributed by atoms with van der Waals surface area (Å²) in [5.41, 5.74) is 1.04. The van der Waals surface area contributed by atoms with Crippen molar-refractivity contribution in [1.29, 1.82) is 0 Å². The van der Waals surface area contributed by atoms with Gasteiger partial charge in [-0.05, 0) is 42.3 Å². The summed E-state index contributed by atoms with van der Waals surface area (Å²) < 4.78 is 39.8. The van der Waals surface area contributed by atoms with Crippen molar-refractivity contribution in [2.45, 2.75) is 26.2 Å². The first kappa shape index (κ1) is 20.4. The monoisotopic (exact) mass is 402 g/mol. The molecule has 0 aliphatic heterocycles. The Morgan fingerprint density at radius 1 is 1.07 bits per heavy atom. The first-order valence-electron chi connectivity index (χ1n) is 9.07. The van der Waals surface area contributed by atoms with Gasteiger partial charge in [-0.25, -0.2) is 15.0 Å². The molecule has 1 aromatic carbocycles. The van der Waals surface area contributed by atoms with Gasteiger partial charge < -0.3 is 10.6 Å². The molecule has 2 aromatic heterocycles. The lowest BCUT2D eigenvalue weighted by Crippen LogP contribution is -2.36. The highest BCUT2D eigenvalue weighted by atomic mass is 19.4. The number of hydrogen-bond acceptors (Lipinski definition) is 3. The van der Waals surface area contributed by atoms with Crippen LogP contribution in [0.1, 0.15) is 23.6 Å². The summed E-state index contributed by atoms with van der Waals surface area (Å²) in [6.07, 6.45) is 2.54. The quantitative estimate of drug-likeness (QED) is 0.489. The average molecular weight is 402 g/mol. The third-order valence-corrected chi connectivity index (χ3v) is 4.08. The van der Waals surface area contributed by atoms with Crippen molar-refractivity contribution in [2.75, 3.05) is 6.54 Å². The number of hydrogen-bond donors (Lipinski definition) is 2. The summed E-state index contributed by atoms with van der Waals surface area (Å²) in [5.74, 6) is 1.33. The second kappa shape index (κ2) is 9.22. The van der Waals surface area contributed by atoms with Gasteiger partial charge in [0.15, 0.2) is 5.96 Å². The summed E-state index contributed by atoms with van der Waals surface area (Å²) in [4.78, 5) is 12.9. The van der Waals surface area contributed by atoms with Crippen LogP contribution in [-0.2, 0) is 19.3 Å². The van der Waals surface area contributed by atoms with Gasteiger partial charge in [-0.1, -0.05) is 12.1 Å². The van der Waals surface area contributed by atoms with E-state index >= 15 is 0 Å². The Bertz CT molecular complexity index is 934. The van der Waals surface area contributed by atoms with Crippen LogP contribution in [-0.4, -0.2) is 27.0 Å². The molecule has 0 bridgehead atoms. The summed E-state index contributed by atoms with van der Waals surface area (Å²) in [5, 5.41) is 6.26. The Kier molecular flexibility index (Phi) is 6.48. The Balaban J connectivity index is 1.63. The van der Waals surface area contributed by atoms with Crippen molar-refractivity contribution in [3.63, 3.8) is 0 Å². The van der Waals surface area contributed by atoms with Gasteiger partial charge in [0.05, 0.1) is 12.1 Å². The molecular formula is C20H21F3N6. The van der Waals surface area contributed by atoms with E-state index < -0.39 is 11.7 Å². The molecule has 2 heterocycles. The zero-order chi connectivity index (χ0) is 20.7. The van der Waals surface area contributed by atoms with Crippen LogP contribution >= 0.6 is 0 Å². The van der Waals surface area contributed by atoms with E-state index in [1.54, 1.807) is 23.3 Å². The lowest BCUT2D eigenvalue weighted by molar-refractivity contribution is -0.137. The number of nitrogens with zero attached hydrogens (tertiary/aromatic N) is 4. The maximum atomic E-state index is 12.7. The Morgan fingerprint density at radius 3 is 2.52 bits per heavy atom. The minimum Gasteiger partial charge on any atom is -0.357 e. The molecule has 0 radical (unpaired) electrons. The first-order chi connectivity index (χ1) is 14.0. The molecule has 0 fully saturated rings. The minimum absolute atomic E-state index is 0.362. The maximum absolute atomic E-state index is 12.7. The van der Waals surface area contributed by atoms with Crippen molar-refractivity contribution >= 4 is 5.96 Å². The van der Waals surface area contributed by atoms with Crippen LogP contribution < -0.4 is 10.6 Å². The molecule has 3 aromatic rings. The molecule has 6 nitrogen and oxygen atoms in total. The number of halogens is 3. The predicted molar refractivity (Wildman–Crippen MR) is 104 cm³/mol.